The molecule has 26 heteroatoms. The second kappa shape index (κ2) is 22.6. The number of aromatic nitrogens is 8. The van der Waals surface area contributed by atoms with Crippen LogP contribution in [0.2, 0.25) is 0 Å². The summed E-state index contributed by atoms with van der Waals surface area (Å²) < 4.78 is 68.2. The number of imidazole rings is 2. The molecule has 18 N–H and O–H groups in total. The monoisotopic (exact) mass is 872 g/mol. The number of rotatable bonds is 0. The van der Waals surface area contributed by atoms with Gasteiger partial charge in [0.05, 0.1) is 56.8 Å². The van der Waals surface area contributed by atoms with Gasteiger partial charge in [0.25, 0.3) is 0 Å². The maximum atomic E-state index is 8.52. The Hall–Kier alpha value is -4.23. The van der Waals surface area contributed by atoms with E-state index < -0.39 is 20.8 Å². The van der Waals surface area contributed by atoms with Crippen LogP contribution in [0.15, 0.2) is 86.0 Å². The van der Waals surface area contributed by atoms with Crippen molar-refractivity contribution in [3.05, 3.63) is 86.0 Å². The van der Waals surface area contributed by atoms with Crippen molar-refractivity contribution < 1.29 is 107 Å². The van der Waals surface area contributed by atoms with Crippen LogP contribution < -0.4 is 0 Å². The fourth-order valence-corrected chi connectivity index (χ4v) is 4.57. The van der Waals surface area contributed by atoms with Gasteiger partial charge in [0.15, 0.2) is 0 Å². The number of pyridine rings is 4. The minimum Gasteiger partial charge on any atom is -0.759 e. The van der Waals surface area contributed by atoms with Crippen LogP contribution in [0, 0.1) is 0 Å². The minimum absolute atomic E-state index is 0. The summed E-state index contributed by atoms with van der Waals surface area (Å²) >= 11 is 0. The third kappa shape index (κ3) is 13.1. The first-order valence-electron chi connectivity index (χ1n) is 12.1. The molecular weight excluding hydrogens is 843 g/mol. The van der Waals surface area contributed by atoms with E-state index >= 15 is 0 Å². The van der Waals surface area contributed by atoms with Crippen molar-refractivity contribution in [1.29, 1.82) is 0 Å². The molecule has 272 valence electrons. The van der Waals surface area contributed by atoms with Gasteiger partial charge in [-0.3, -0.25) is 36.8 Å². The topological polar surface area (TPSA) is 464 Å². The Bertz CT molecular complexity index is 2200. The molecule has 0 spiro atoms. The predicted octanol–water partition coefficient (Wildman–Crippen LogP) is -2.70. The van der Waals surface area contributed by atoms with Crippen molar-refractivity contribution in [2.24, 2.45) is 0 Å². The Balaban J connectivity index is -0.000000315. The number of fused-ring (bicyclic) bond motifs is 12. The SMILES string of the molecule is O.O.O=S(=O)([O-])[O-].O=S(=O)([O-])[O-].[OH3+].[OH3+].[OH3+].[OH3+].[Zn+2].[Zn+2].c1cnc2c(c1)c1nc[nH]c1c1cccnc12.c1cnc2c(c1)c1nc[nH]c1c1cccnc12. The molecule has 0 aliphatic carbocycles. The van der Waals surface area contributed by atoms with Crippen LogP contribution in [0.1, 0.15) is 0 Å². The number of nitrogens with one attached hydrogen (secondary N) is 2. The molecule has 2 aromatic carbocycles. The first-order chi connectivity index (χ1) is 20.9. The number of nitrogens with zero attached hydrogens (tertiary/aromatic N) is 6. The normalized spacial score (nSPS) is 9.77. The average molecular weight is 875 g/mol. The van der Waals surface area contributed by atoms with Crippen LogP contribution in [0.3, 0.4) is 0 Å². The average Bonchev–Trinajstić information content (AvgIpc) is 3.68. The molecule has 0 bridgehead atoms. The summed E-state index contributed by atoms with van der Waals surface area (Å²) in [5.74, 6) is 0. The van der Waals surface area contributed by atoms with E-state index in [4.69, 9.17) is 35.0 Å². The van der Waals surface area contributed by atoms with Crippen molar-refractivity contribution >= 4 is 86.5 Å². The smallest absolute Gasteiger partial charge is 0.759 e. The molecule has 0 amide bonds. The van der Waals surface area contributed by atoms with Gasteiger partial charge < -0.3 is 61.0 Å². The van der Waals surface area contributed by atoms with E-state index in [1.807, 2.05) is 48.5 Å². The van der Waals surface area contributed by atoms with Gasteiger partial charge in [-0.25, -0.2) is 9.97 Å². The van der Waals surface area contributed by atoms with Crippen molar-refractivity contribution in [2.75, 3.05) is 0 Å². The quantitative estimate of drug-likeness (QED) is 0.0515. The summed E-state index contributed by atoms with van der Waals surface area (Å²) in [5.41, 5.74) is 7.59. The van der Waals surface area contributed by atoms with Crippen LogP contribution in [0.25, 0.3) is 65.7 Å². The number of hydrogen-bond donors (Lipinski definition) is 2. The van der Waals surface area contributed by atoms with Crippen molar-refractivity contribution in [1.82, 2.24) is 39.9 Å². The molecule has 0 unspecified atom stereocenters. The Morgan fingerprint density at radius 3 is 0.923 bits per heavy atom. The van der Waals surface area contributed by atoms with E-state index in [1.54, 1.807) is 37.4 Å². The molecule has 6 heterocycles. The van der Waals surface area contributed by atoms with Crippen molar-refractivity contribution in [3.8, 4) is 0 Å². The maximum absolute atomic E-state index is 8.52. The molecule has 0 saturated heterocycles. The largest absolute Gasteiger partial charge is 2.00 e. The summed E-state index contributed by atoms with van der Waals surface area (Å²) in [5, 5.41) is 4.20. The third-order valence-electron chi connectivity index (χ3n) is 6.01. The molecular formula is C26H32N8O14S2Zn2+4. The van der Waals surface area contributed by atoms with Crippen LogP contribution in [-0.4, -0.2) is 85.9 Å². The maximum Gasteiger partial charge on any atom is 2.00 e. The summed E-state index contributed by atoms with van der Waals surface area (Å²) in [4.78, 5) is 32.8. The Morgan fingerprint density at radius 2 is 0.654 bits per heavy atom. The second-order valence-electron chi connectivity index (χ2n) is 8.67. The molecule has 8 aromatic rings. The third-order valence-corrected chi connectivity index (χ3v) is 6.01. The van der Waals surface area contributed by atoms with Crippen LogP contribution in [0.5, 0.6) is 0 Å². The molecule has 52 heavy (non-hydrogen) atoms. The van der Waals surface area contributed by atoms with Crippen LogP contribution in [0.4, 0.5) is 0 Å². The number of H-pyrrole nitrogens is 2. The van der Waals surface area contributed by atoms with Crippen molar-refractivity contribution in [2.45, 2.75) is 0 Å². The fourth-order valence-electron chi connectivity index (χ4n) is 4.57. The van der Waals surface area contributed by atoms with Gasteiger partial charge in [-0.1, -0.05) is 0 Å². The Morgan fingerprint density at radius 1 is 0.423 bits per heavy atom. The molecule has 0 atom stereocenters. The summed E-state index contributed by atoms with van der Waals surface area (Å²) in [6.45, 7) is 0. The van der Waals surface area contributed by atoms with Gasteiger partial charge in [0, 0.05) is 67.1 Å². The molecule has 0 radical (unpaired) electrons. The molecule has 0 aliphatic heterocycles. The van der Waals surface area contributed by atoms with E-state index in [-0.39, 0.29) is 71.8 Å². The van der Waals surface area contributed by atoms with Gasteiger partial charge in [-0.2, -0.15) is 0 Å². The van der Waals surface area contributed by atoms with Gasteiger partial charge in [-0.15, -0.1) is 0 Å². The fraction of sp³-hybridized carbons (Fsp3) is 0. The molecule has 22 nitrogen and oxygen atoms in total. The second-order valence-corrected chi connectivity index (χ2v) is 10.3. The summed E-state index contributed by atoms with van der Waals surface area (Å²) in [7, 11) is -10.3. The standard InChI is InChI=1S/2C13H8N4.2H2O4S.6H2O.2Zn/c2*1-3-8-10(14-5-1)11-9(4-2-6-15-11)13-12(8)16-7-17-13;2*1-5(2,3)4;;;;;;;;/h2*1-7H,(H,16,17);2*(H2,1,2,3,4);6*1H2;;/q;;;;;;;;;;2*+2. The minimum atomic E-state index is -5.17. The Kier molecular flexibility index (Phi) is 23.8. The zero-order valence-electron chi connectivity index (χ0n) is 26.6. The zero-order valence-corrected chi connectivity index (χ0v) is 34.1. The molecule has 0 saturated carbocycles. The van der Waals surface area contributed by atoms with Crippen molar-refractivity contribution in [3.63, 3.8) is 0 Å². The zero-order chi connectivity index (χ0) is 31.5. The van der Waals surface area contributed by atoms with E-state index in [2.05, 4.69) is 39.9 Å². The van der Waals surface area contributed by atoms with E-state index in [1.165, 1.54) is 0 Å². The van der Waals surface area contributed by atoms with Crippen LogP contribution in [-0.2, 0) is 81.7 Å². The van der Waals surface area contributed by atoms with Crippen LogP contribution >= 0.6 is 0 Å². The van der Waals surface area contributed by atoms with Gasteiger partial charge in [-0.05, 0) is 48.5 Å². The van der Waals surface area contributed by atoms with Gasteiger partial charge in [0.2, 0.25) is 0 Å². The van der Waals surface area contributed by atoms with Gasteiger partial charge in [0.1, 0.15) is 0 Å². The van der Waals surface area contributed by atoms with E-state index in [0.717, 1.165) is 65.7 Å². The summed E-state index contributed by atoms with van der Waals surface area (Å²) in [6.07, 6.45) is 10.6. The predicted molar refractivity (Wildman–Crippen MR) is 181 cm³/mol. The summed E-state index contributed by atoms with van der Waals surface area (Å²) in [6, 6.07) is 15.8. The number of hydrogen-bond acceptors (Lipinski definition) is 14. The Labute approximate surface area is 317 Å². The number of benzene rings is 2. The first kappa shape index (κ1) is 54.5. The number of aromatic amines is 2. The molecule has 6 aromatic heterocycles. The molecule has 8 rings (SSSR count). The first-order valence-corrected chi connectivity index (χ1v) is 14.8. The molecule has 0 aliphatic rings. The van der Waals surface area contributed by atoms with E-state index in [9.17, 15) is 0 Å². The van der Waals surface area contributed by atoms with E-state index in [0.29, 0.717) is 0 Å². The molecule has 0 fully saturated rings. The van der Waals surface area contributed by atoms with Gasteiger partial charge >= 0.3 is 39.0 Å².